The summed E-state index contributed by atoms with van der Waals surface area (Å²) in [5, 5.41) is 8.20. The van der Waals surface area contributed by atoms with E-state index in [0.29, 0.717) is 0 Å². The molecular weight excluding hydrogens is 438 g/mol. The van der Waals surface area contributed by atoms with Crippen LogP contribution in [0.2, 0.25) is 0 Å². The van der Waals surface area contributed by atoms with Crippen LogP contribution >= 0.6 is 0 Å². The number of para-hydroxylation sites is 1. The number of carbonyl (C=O) groups excluding carboxylic acids is 2. The van der Waals surface area contributed by atoms with Crippen molar-refractivity contribution in [2.24, 2.45) is 0 Å². The summed E-state index contributed by atoms with van der Waals surface area (Å²) >= 11 is 0. The fourth-order valence-corrected chi connectivity index (χ4v) is 5.34. The maximum Gasteiger partial charge on any atom is 0.221 e. The Morgan fingerprint density at radius 2 is 1.80 bits per heavy atom. The van der Waals surface area contributed by atoms with Gasteiger partial charge in [-0.15, -0.1) is 0 Å². The zero-order valence-corrected chi connectivity index (χ0v) is 20.5. The zero-order chi connectivity index (χ0) is 24.5. The van der Waals surface area contributed by atoms with E-state index in [1.165, 1.54) is 0 Å². The summed E-state index contributed by atoms with van der Waals surface area (Å²) in [6.45, 7) is 3.98. The standard InChI is InChI=1S/C29H31N3O3/c1-18-8-4-7-11-24(18)32-29-23(17-26(34)30-21-9-5-6-10-21)25(33)16-19(2)27(29)28(31-32)20-12-14-22(35-3)15-13-20/h4,7-8,11-16,21,23H,5-6,9-10,17H2,1-3H3,(H,30,34). The number of benzene rings is 2. The lowest BCUT2D eigenvalue weighted by Gasteiger charge is -2.23. The maximum atomic E-state index is 13.3. The number of carbonyl (C=O) groups is 2. The third-order valence-electron chi connectivity index (χ3n) is 7.16. The van der Waals surface area contributed by atoms with Crippen LogP contribution in [-0.4, -0.2) is 34.6 Å². The van der Waals surface area contributed by atoms with Crippen molar-refractivity contribution in [3.8, 4) is 22.7 Å². The molecule has 0 radical (unpaired) electrons. The molecule has 1 saturated carbocycles. The number of hydrogen-bond acceptors (Lipinski definition) is 4. The van der Waals surface area contributed by atoms with E-state index in [9.17, 15) is 9.59 Å². The third-order valence-corrected chi connectivity index (χ3v) is 7.16. The number of nitrogens with zero attached hydrogens (tertiary/aromatic N) is 2. The molecule has 1 heterocycles. The SMILES string of the molecule is COc1ccc(-c2nn(-c3ccccc3C)c3c2C(C)=CC(=O)C3CC(=O)NC2CCCC2)cc1. The van der Waals surface area contributed by atoms with E-state index in [0.717, 1.165) is 70.8 Å². The summed E-state index contributed by atoms with van der Waals surface area (Å²) in [5.41, 5.74) is 6.27. The first kappa shape index (κ1) is 23.1. The molecule has 0 aliphatic heterocycles. The van der Waals surface area contributed by atoms with Gasteiger partial charge in [0, 0.05) is 23.6 Å². The number of methoxy groups -OCH3 is 1. The first-order chi connectivity index (χ1) is 17.0. The van der Waals surface area contributed by atoms with Gasteiger partial charge in [-0.25, -0.2) is 4.68 Å². The fourth-order valence-electron chi connectivity index (χ4n) is 5.34. The van der Waals surface area contributed by atoms with Crippen LogP contribution in [0.1, 0.15) is 61.8 Å². The van der Waals surface area contributed by atoms with Crippen LogP contribution < -0.4 is 10.1 Å². The molecule has 1 amide bonds. The number of allylic oxidation sites excluding steroid dienone is 2. The van der Waals surface area contributed by atoms with Crippen molar-refractivity contribution in [1.82, 2.24) is 15.1 Å². The number of ketones is 1. The quantitative estimate of drug-likeness (QED) is 0.526. The van der Waals surface area contributed by atoms with Crippen molar-refractivity contribution in [3.05, 3.63) is 71.4 Å². The Morgan fingerprint density at radius 3 is 2.49 bits per heavy atom. The summed E-state index contributed by atoms with van der Waals surface area (Å²) in [5.74, 6) is 0.0596. The molecular formula is C29H31N3O3. The second kappa shape index (κ2) is 9.53. The van der Waals surface area contributed by atoms with Crippen molar-refractivity contribution < 1.29 is 14.3 Å². The monoisotopic (exact) mass is 469 g/mol. The van der Waals surface area contributed by atoms with Crippen LogP contribution in [0, 0.1) is 6.92 Å². The average Bonchev–Trinajstić information content (AvgIpc) is 3.50. The second-order valence-corrected chi connectivity index (χ2v) is 9.57. The molecule has 5 rings (SSSR count). The fraction of sp³-hybridized carbons (Fsp3) is 0.345. The van der Waals surface area contributed by atoms with Crippen LogP contribution in [-0.2, 0) is 9.59 Å². The smallest absolute Gasteiger partial charge is 0.221 e. The summed E-state index contributed by atoms with van der Waals surface area (Å²) in [4.78, 5) is 26.4. The van der Waals surface area contributed by atoms with Gasteiger partial charge in [-0.05, 0) is 74.2 Å². The number of aryl methyl sites for hydroxylation is 1. The van der Waals surface area contributed by atoms with Gasteiger partial charge in [-0.3, -0.25) is 9.59 Å². The highest BCUT2D eigenvalue weighted by Gasteiger charge is 2.36. The highest BCUT2D eigenvalue weighted by Crippen LogP contribution is 2.42. The Kier molecular flexibility index (Phi) is 6.29. The molecule has 1 atom stereocenters. The van der Waals surface area contributed by atoms with Gasteiger partial charge in [-0.2, -0.15) is 5.10 Å². The van der Waals surface area contributed by atoms with Crippen LogP contribution in [0.5, 0.6) is 5.75 Å². The summed E-state index contributed by atoms with van der Waals surface area (Å²) in [7, 11) is 1.64. The lowest BCUT2D eigenvalue weighted by Crippen LogP contribution is -2.35. The molecule has 180 valence electrons. The summed E-state index contributed by atoms with van der Waals surface area (Å²) < 4.78 is 7.21. The highest BCUT2D eigenvalue weighted by atomic mass is 16.5. The Hall–Kier alpha value is -3.67. The number of aromatic nitrogens is 2. The molecule has 0 saturated heterocycles. The summed E-state index contributed by atoms with van der Waals surface area (Å²) in [6, 6.07) is 16.0. The largest absolute Gasteiger partial charge is 0.497 e. The second-order valence-electron chi connectivity index (χ2n) is 9.57. The number of rotatable bonds is 6. The molecule has 35 heavy (non-hydrogen) atoms. The Balaban J connectivity index is 1.63. The third kappa shape index (κ3) is 4.41. The van der Waals surface area contributed by atoms with Gasteiger partial charge in [0.2, 0.25) is 5.91 Å². The predicted molar refractivity (Wildman–Crippen MR) is 137 cm³/mol. The van der Waals surface area contributed by atoms with Gasteiger partial charge >= 0.3 is 0 Å². The van der Waals surface area contributed by atoms with Crippen LogP contribution in [0.3, 0.4) is 0 Å². The lowest BCUT2D eigenvalue weighted by atomic mass is 9.83. The minimum absolute atomic E-state index is 0.0485. The minimum atomic E-state index is -0.589. The van der Waals surface area contributed by atoms with E-state index in [2.05, 4.69) is 5.32 Å². The van der Waals surface area contributed by atoms with E-state index in [1.54, 1.807) is 13.2 Å². The molecule has 3 aromatic rings. The normalized spacial score (nSPS) is 17.7. The first-order valence-electron chi connectivity index (χ1n) is 12.3. The van der Waals surface area contributed by atoms with Crippen molar-refractivity contribution in [3.63, 3.8) is 0 Å². The predicted octanol–water partition coefficient (Wildman–Crippen LogP) is 5.37. The van der Waals surface area contributed by atoms with Crippen LogP contribution in [0.15, 0.2) is 54.6 Å². The van der Waals surface area contributed by atoms with E-state index in [-0.39, 0.29) is 24.2 Å². The molecule has 0 bridgehead atoms. The maximum absolute atomic E-state index is 13.3. The topological polar surface area (TPSA) is 73.2 Å². The van der Waals surface area contributed by atoms with Gasteiger partial charge < -0.3 is 10.1 Å². The Bertz CT molecular complexity index is 1300. The summed E-state index contributed by atoms with van der Waals surface area (Å²) in [6.07, 6.45) is 6.10. The molecule has 1 aromatic heterocycles. The average molecular weight is 470 g/mol. The number of nitrogens with one attached hydrogen (secondary N) is 1. The lowest BCUT2D eigenvalue weighted by molar-refractivity contribution is -0.125. The van der Waals surface area contributed by atoms with Crippen molar-refractivity contribution in [2.45, 2.75) is 57.9 Å². The highest BCUT2D eigenvalue weighted by molar-refractivity contribution is 6.07. The van der Waals surface area contributed by atoms with Gasteiger partial charge in [0.1, 0.15) is 11.4 Å². The van der Waals surface area contributed by atoms with Gasteiger partial charge in [0.25, 0.3) is 0 Å². The van der Waals surface area contributed by atoms with E-state index in [1.807, 2.05) is 67.1 Å². The molecule has 2 aliphatic carbocycles. The molecule has 2 aliphatic rings. The zero-order valence-electron chi connectivity index (χ0n) is 20.5. The van der Waals surface area contributed by atoms with Crippen molar-refractivity contribution in [2.75, 3.05) is 7.11 Å². The first-order valence-corrected chi connectivity index (χ1v) is 12.3. The molecule has 6 nitrogen and oxygen atoms in total. The van der Waals surface area contributed by atoms with Crippen molar-refractivity contribution >= 4 is 17.3 Å². The van der Waals surface area contributed by atoms with Gasteiger partial charge in [-0.1, -0.05) is 31.0 Å². The van der Waals surface area contributed by atoms with E-state index in [4.69, 9.17) is 9.84 Å². The van der Waals surface area contributed by atoms with E-state index < -0.39 is 5.92 Å². The molecule has 2 aromatic carbocycles. The number of amides is 1. The number of ether oxygens (including phenoxy) is 1. The molecule has 6 heteroatoms. The van der Waals surface area contributed by atoms with Gasteiger partial charge in [0.05, 0.1) is 24.4 Å². The van der Waals surface area contributed by atoms with Crippen molar-refractivity contribution in [1.29, 1.82) is 0 Å². The number of hydrogen-bond donors (Lipinski definition) is 1. The molecule has 0 spiro atoms. The van der Waals surface area contributed by atoms with E-state index >= 15 is 0 Å². The molecule has 1 fully saturated rings. The van der Waals surface area contributed by atoms with Crippen LogP contribution in [0.25, 0.3) is 22.5 Å². The number of fused-ring (bicyclic) bond motifs is 1. The minimum Gasteiger partial charge on any atom is -0.497 e. The molecule has 1 N–H and O–H groups in total. The Labute approximate surface area is 206 Å². The van der Waals surface area contributed by atoms with Gasteiger partial charge in [0.15, 0.2) is 5.78 Å². The van der Waals surface area contributed by atoms with Crippen LogP contribution in [0.4, 0.5) is 0 Å². The Morgan fingerprint density at radius 1 is 1.09 bits per heavy atom. The molecule has 1 unspecified atom stereocenters.